The molecule has 0 aliphatic rings. The van der Waals surface area contributed by atoms with Gasteiger partial charge in [0, 0.05) is 24.5 Å². The highest BCUT2D eigenvalue weighted by atomic mass is 79.9. The zero-order valence-corrected chi connectivity index (χ0v) is 13.6. The van der Waals surface area contributed by atoms with Crippen LogP contribution in [0.3, 0.4) is 0 Å². The van der Waals surface area contributed by atoms with Gasteiger partial charge in [0.15, 0.2) is 0 Å². The molecule has 1 heterocycles. The molecule has 0 radical (unpaired) electrons. The number of aryl methyl sites for hydroxylation is 1. The first-order valence-corrected chi connectivity index (χ1v) is 7.65. The van der Waals surface area contributed by atoms with Gasteiger partial charge in [0.25, 0.3) is 5.69 Å². The van der Waals surface area contributed by atoms with Gasteiger partial charge in [-0.15, -0.1) is 11.3 Å². The van der Waals surface area contributed by atoms with E-state index in [0.717, 1.165) is 22.8 Å². The molecule has 0 N–H and O–H groups in total. The lowest BCUT2D eigenvalue weighted by molar-refractivity contribution is -0.385. The van der Waals surface area contributed by atoms with E-state index in [4.69, 9.17) is 0 Å². The predicted molar refractivity (Wildman–Crippen MR) is 82.8 cm³/mol. The minimum Gasteiger partial charge on any atom is -0.296 e. The summed E-state index contributed by atoms with van der Waals surface area (Å²) in [5, 5.41) is 14.0. The topological polar surface area (TPSA) is 59.3 Å². The van der Waals surface area contributed by atoms with E-state index in [2.05, 4.69) is 25.8 Å². The summed E-state index contributed by atoms with van der Waals surface area (Å²) in [6, 6.07) is 5.21. The van der Waals surface area contributed by atoms with E-state index >= 15 is 0 Å². The number of nitro benzene ring substituents is 1. The molecule has 20 heavy (non-hydrogen) atoms. The maximum atomic E-state index is 10.9. The van der Waals surface area contributed by atoms with E-state index in [1.165, 1.54) is 0 Å². The smallest absolute Gasteiger partial charge is 0.283 e. The Kier molecular flexibility index (Phi) is 4.85. The van der Waals surface area contributed by atoms with E-state index in [0.29, 0.717) is 11.0 Å². The lowest BCUT2D eigenvalue weighted by Gasteiger charge is -2.15. The number of thiazole rings is 1. The van der Waals surface area contributed by atoms with Crippen molar-refractivity contribution in [2.75, 3.05) is 7.05 Å². The van der Waals surface area contributed by atoms with Crippen molar-refractivity contribution in [2.24, 2.45) is 0 Å². The van der Waals surface area contributed by atoms with Crippen LogP contribution >= 0.6 is 27.3 Å². The highest BCUT2D eigenvalue weighted by Gasteiger charge is 2.13. The molecule has 0 aliphatic heterocycles. The first kappa shape index (κ1) is 15.1. The summed E-state index contributed by atoms with van der Waals surface area (Å²) in [6.45, 7) is 3.35. The number of nitro groups is 1. The molecular weight excluding hydrogens is 342 g/mol. The van der Waals surface area contributed by atoms with Gasteiger partial charge in [0.2, 0.25) is 0 Å². The SMILES string of the molecule is Cc1nc(CN(C)Cc2ccc(Br)c([N+](=O)[O-])c2)cs1. The fourth-order valence-corrected chi connectivity index (χ4v) is 2.92. The van der Waals surface area contributed by atoms with Gasteiger partial charge in [-0.25, -0.2) is 4.98 Å². The third kappa shape index (κ3) is 3.84. The second kappa shape index (κ2) is 6.43. The summed E-state index contributed by atoms with van der Waals surface area (Å²) in [5.74, 6) is 0. The fourth-order valence-electron chi connectivity index (χ4n) is 1.92. The first-order chi connectivity index (χ1) is 9.45. The molecule has 0 amide bonds. The number of benzene rings is 1. The monoisotopic (exact) mass is 355 g/mol. The van der Waals surface area contributed by atoms with E-state index in [1.807, 2.05) is 25.4 Å². The van der Waals surface area contributed by atoms with Crippen molar-refractivity contribution in [2.45, 2.75) is 20.0 Å². The van der Waals surface area contributed by atoms with Crippen molar-refractivity contribution in [1.29, 1.82) is 0 Å². The third-order valence-electron chi connectivity index (χ3n) is 2.76. The summed E-state index contributed by atoms with van der Waals surface area (Å²) in [6.07, 6.45) is 0. The zero-order chi connectivity index (χ0) is 14.7. The summed E-state index contributed by atoms with van der Waals surface area (Å²) in [7, 11) is 1.97. The van der Waals surface area contributed by atoms with Crippen molar-refractivity contribution >= 4 is 33.0 Å². The molecule has 0 saturated heterocycles. The predicted octanol–water partition coefficient (Wildman–Crippen LogP) is 3.75. The number of halogens is 1. The van der Waals surface area contributed by atoms with Gasteiger partial charge < -0.3 is 0 Å². The number of hydrogen-bond donors (Lipinski definition) is 0. The summed E-state index contributed by atoms with van der Waals surface area (Å²) in [4.78, 5) is 17.0. The molecule has 1 aromatic carbocycles. The van der Waals surface area contributed by atoms with Gasteiger partial charge in [-0.05, 0) is 41.5 Å². The highest BCUT2D eigenvalue weighted by molar-refractivity contribution is 9.10. The molecule has 0 fully saturated rings. The standard InChI is InChI=1S/C13H14BrN3O2S/c1-9-15-11(8-20-9)7-16(2)6-10-3-4-12(14)13(5-10)17(18)19/h3-5,8H,6-7H2,1-2H3. The molecule has 0 atom stereocenters. The molecule has 1 aromatic heterocycles. The Hall–Kier alpha value is -1.31. The fraction of sp³-hybridized carbons (Fsp3) is 0.308. The van der Waals surface area contributed by atoms with E-state index in [1.54, 1.807) is 23.5 Å². The maximum Gasteiger partial charge on any atom is 0.283 e. The molecule has 106 valence electrons. The van der Waals surface area contributed by atoms with Gasteiger partial charge in [-0.3, -0.25) is 15.0 Å². The van der Waals surface area contributed by atoms with Crippen LogP contribution in [0.15, 0.2) is 28.1 Å². The molecular formula is C13H14BrN3O2S. The van der Waals surface area contributed by atoms with Crippen LogP contribution < -0.4 is 0 Å². The Labute approximate surface area is 129 Å². The molecule has 5 nitrogen and oxygen atoms in total. The van der Waals surface area contributed by atoms with Gasteiger partial charge in [-0.1, -0.05) is 6.07 Å². The van der Waals surface area contributed by atoms with Crippen molar-refractivity contribution in [3.05, 3.63) is 54.4 Å². The summed E-state index contributed by atoms with van der Waals surface area (Å²) >= 11 is 4.82. The Morgan fingerprint density at radius 1 is 1.45 bits per heavy atom. The van der Waals surface area contributed by atoms with Gasteiger partial charge in [0.05, 0.1) is 20.1 Å². The molecule has 0 bridgehead atoms. The van der Waals surface area contributed by atoms with Crippen LogP contribution in [0.2, 0.25) is 0 Å². The van der Waals surface area contributed by atoms with Crippen molar-refractivity contribution in [3.8, 4) is 0 Å². The zero-order valence-electron chi connectivity index (χ0n) is 11.2. The summed E-state index contributed by atoms with van der Waals surface area (Å²) < 4.78 is 0.504. The molecule has 7 heteroatoms. The molecule has 0 aliphatic carbocycles. The van der Waals surface area contributed by atoms with Crippen molar-refractivity contribution in [1.82, 2.24) is 9.88 Å². The van der Waals surface area contributed by atoms with Gasteiger partial charge in [0.1, 0.15) is 0 Å². The molecule has 0 spiro atoms. The van der Waals surface area contributed by atoms with Crippen LogP contribution in [0.4, 0.5) is 5.69 Å². The summed E-state index contributed by atoms with van der Waals surface area (Å²) in [5.41, 5.74) is 2.04. The average molecular weight is 356 g/mol. The van der Waals surface area contributed by atoms with Crippen LogP contribution in [-0.4, -0.2) is 21.9 Å². The molecule has 2 aromatic rings. The van der Waals surface area contributed by atoms with Crippen LogP contribution in [0.1, 0.15) is 16.3 Å². The van der Waals surface area contributed by atoms with Gasteiger partial charge in [-0.2, -0.15) is 0 Å². The maximum absolute atomic E-state index is 10.9. The Balaban J connectivity index is 2.06. The quantitative estimate of drug-likeness (QED) is 0.605. The minimum atomic E-state index is -0.378. The Morgan fingerprint density at radius 2 is 2.20 bits per heavy atom. The Bertz CT molecular complexity index is 630. The number of rotatable bonds is 5. The second-order valence-corrected chi connectivity index (χ2v) is 6.49. The van der Waals surface area contributed by atoms with Crippen LogP contribution in [0.25, 0.3) is 0 Å². The van der Waals surface area contributed by atoms with E-state index < -0.39 is 0 Å². The highest BCUT2D eigenvalue weighted by Crippen LogP contribution is 2.26. The third-order valence-corrected chi connectivity index (χ3v) is 4.25. The number of hydrogen-bond acceptors (Lipinski definition) is 5. The van der Waals surface area contributed by atoms with Crippen LogP contribution in [0.5, 0.6) is 0 Å². The second-order valence-electron chi connectivity index (χ2n) is 4.57. The first-order valence-electron chi connectivity index (χ1n) is 5.98. The Morgan fingerprint density at radius 3 is 2.80 bits per heavy atom. The average Bonchev–Trinajstić information content (AvgIpc) is 2.76. The molecule has 0 saturated carbocycles. The lowest BCUT2D eigenvalue weighted by Crippen LogP contribution is -2.17. The van der Waals surface area contributed by atoms with Crippen LogP contribution in [0, 0.1) is 17.0 Å². The largest absolute Gasteiger partial charge is 0.296 e. The minimum absolute atomic E-state index is 0.0976. The number of nitrogens with zero attached hydrogens (tertiary/aromatic N) is 3. The normalized spacial score (nSPS) is 11.0. The van der Waals surface area contributed by atoms with Crippen molar-refractivity contribution < 1.29 is 4.92 Å². The lowest BCUT2D eigenvalue weighted by atomic mass is 10.2. The molecule has 0 unspecified atom stereocenters. The van der Waals surface area contributed by atoms with Crippen molar-refractivity contribution in [3.63, 3.8) is 0 Å². The van der Waals surface area contributed by atoms with E-state index in [9.17, 15) is 10.1 Å². The van der Waals surface area contributed by atoms with E-state index in [-0.39, 0.29) is 10.6 Å². The number of aromatic nitrogens is 1. The van der Waals surface area contributed by atoms with Gasteiger partial charge >= 0.3 is 0 Å². The molecule has 2 rings (SSSR count). The van der Waals surface area contributed by atoms with Crippen LogP contribution in [-0.2, 0) is 13.1 Å².